The third-order valence-electron chi connectivity index (χ3n) is 2.11. The lowest BCUT2D eigenvalue weighted by Gasteiger charge is -2.10. The van der Waals surface area contributed by atoms with E-state index in [1.807, 2.05) is 0 Å². The minimum Gasteiger partial charge on any atom is -0.247 e. The monoisotopic (exact) mass is 324 g/mol. The first kappa shape index (κ1) is 12.6. The molecule has 0 N–H and O–H groups in total. The van der Waals surface area contributed by atoms with Crippen LogP contribution in [0.4, 0.5) is 30.7 Å². The first-order valence-electron chi connectivity index (χ1n) is 3.92. The second-order valence-electron chi connectivity index (χ2n) is 3.14. The highest BCUT2D eigenvalue weighted by Crippen LogP contribution is 2.54. The van der Waals surface area contributed by atoms with Gasteiger partial charge in [-0.3, -0.25) is 0 Å². The topological polar surface area (TPSA) is 9.23 Å². The van der Waals surface area contributed by atoms with Gasteiger partial charge < -0.3 is 0 Å². The third kappa shape index (κ3) is 1.55. The van der Waals surface area contributed by atoms with Crippen LogP contribution in [0.2, 0.25) is 0 Å². The quantitative estimate of drug-likeness (QED) is 0.398. The van der Waals surface area contributed by atoms with Gasteiger partial charge in [0.05, 0.1) is 4.47 Å². The fraction of sp³-hybridized carbons (Fsp3) is 0.250. The van der Waals surface area contributed by atoms with Gasteiger partial charge in [-0.15, -0.1) is 0 Å². The summed E-state index contributed by atoms with van der Waals surface area (Å²) in [6.07, 6.45) is -9.54. The Hall–Kier alpha value is -0.830. The van der Waals surface area contributed by atoms with Gasteiger partial charge in [-0.1, -0.05) is 0 Å². The molecule has 2 rings (SSSR count). The van der Waals surface area contributed by atoms with Gasteiger partial charge in [0.1, 0.15) is 11.1 Å². The molecular formula is C8BrF7O. The molecule has 1 aliphatic rings. The molecular weight excluding hydrogens is 325 g/mol. The summed E-state index contributed by atoms with van der Waals surface area (Å²) in [5.41, 5.74) is -4.13. The molecule has 0 unspecified atom stereocenters. The van der Waals surface area contributed by atoms with Crippen LogP contribution in [0.1, 0.15) is 11.1 Å². The molecule has 0 amide bonds. The molecule has 0 aliphatic carbocycles. The molecule has 0 fully saturated rings. The summed E-state index contributed by atoms with van der Waals surface area (Å²) in [4.78, 5) is 0. The van der Waals surface area contributed by atoms with Crippen molar-refractivity contribution >= 4 is 15.9 Å². The molecule has 1 aromatic carbocycles. The van der Waals surface area contributed by atoms with E-state index in [-0.39, 0.29) is 0 Å². The van der Waals surface area contributed by atoms with Gasteiger partial charge in [-0.25, -0.2) is 17.9 Å². The fourth-order valence-electron chi connectivity index (χ4n) is 1.44. The smallest absolute Gasteiger partial charge is 0.247 e. The van der Waals surface area contributed by atoms with Crippen LogP contribution in [0.3, 0.4) is 0 Å². The minimum absolute atomic E-state index is 1.30. The van der Waals surface area contributed by atoms with Gasteiger partial charge >= 0.3 is 12.2 Å². The van der Waals surface area contributed by atoms with Gasteiger partial charge in [0.15, 0.2) is 17.5 Å². The average Bonchev–Trinajstić information content (AvgIpc) is 2.36. The summed E-state index contributed by atoms with van der Waals surface area (Å²) in [5, 5.41) is 0. The molecule has 1 aromatic rings. The maximum absolute atomic E-state index is 13.2. The number of alkyl halides is 4. The van der Waals surface area contributed by atoms with Gasteiger partial charge in [0.2, 0.25) is 0 Å². The van der Waals surface area contributed by atoms with E-state index >= 15 is 0 Å². The van der Waals surface area contributed by atoms with Crippen molar-refractivity contribution < 1.29 is 35.5 Å². The van der Waals surface area contributed by atoms with Gasteiger partial charge in [0.25, 0.3) is 0 Å². The van der Waals surface area contributed by atoms with Crippen LogP contribution in [-0.4, -0.2) is 0 Å². The van der Waals surface area contributed by atoms with E-state index in [0.29, 0.717) is 0 Å². The molecule has 0 atom stereocenters. The first-order chi connectivity index (χ1) is 7.59. The minimum atomic E-state index is -4.80. The standard InChI is InChI=1S/C8BrF7O/c9-3-4(10)1-2(5(11)6(3)12)8(15,16)17-7(1,13)14. The molecule has 0 spiro atoms. The van der Waals surface area contributed by atoms with Crippen LogP contribution < -0.4 is 0 Å². The van der Waals surface area contributed by atoms with Crippen molar-refractivity contribution in [2.75, 3.05) is 0 Å². The Morgan fingerprint density at radius 2 is 1.18 bits per heavy atom. The van der Waals surface area contributed by atoms with Crippen LogP contribution in [0.5, 0.6) is 0 Å². The Kier molecular flexibility index (Phi) is 2.48. The van der Waals surface area contributed by atoms with Crippen molar-refractivity contribution in [1.29, 1.82) is 0 Å². The number of rotatable bonds is 0. The molecule has 0 bridgehead atoms. The first-order valence-corrected chi connectivity index (χ1v) is 4.71. The molecule has 94 valence electrons. The lowest BCUT2D eigenvalue weighted by molar-refractivity contribution is -0.370. The summed E-state index contributed by atoms with van der Waals surface area (Å²) in [6, 6.07) is 0. The molecule has 0 saturated carbocycles. The fourth-order valence-corrected chi connectivity index (χ4v) is 1.81. The van der Waals surface area contributed by atoms with Crippen molar-refractivity contribution in [1.82, 2.24) is 0 Å². The Morgan fingerprint density at radius 3 is 1.65 bits per heavy atom. The zero-order valence-electron chi connectivity index (χ0n) is 7.43. The van der Waals surface area contributed by atoms with Crippen LogP contribution in [0.25, 0.3) is 0 Å². The Labute approximate surface area is 97.3 Å². The highest BCUT2D eigenvalue weighted by atomic mass is 79.9. The number of hydrogen-bond acceptors (Lipinski definition) is 1. The third-order valence-corrected chi connectivity index (χ3v) is 2.80. The van der Waals surface area contributed by atoms with E-state index in [1.54, 1.807) is 0 Å². The normalized spacial score (nSPS) is 20.5. The van der Waals surface area contributed by atoms with Gasteiger partial charge in [-0.2, -0.15) is 17.6 Å². The second kappa shape index (κ2) is 3.35. The largest absolute Gasteiger partial charge is 0.391 e. The second-order valence-corrected chi connectivity index (χ2v) is 3.93. The van der Waals surface area contributed by atoms with Crippen LogP contribution in [0, 0.1) is 17.5 Å². The van der Waals surface area contributed by atoms with Crippen molar-refractivity contribution in [2.24, 2.45) is 0 Å². The maximum atomic E-state index is 13.2. The Bertz CT molecular complexity index is 468. The molecule has 1 nitrogen and oxygen atoms in total. The molecule has 0 aromatic heterocycles. The van der Waals surface area contributed by atoms with Crippen molar-refractivity contribution in [3.8, 4) is 0 Å². The maximum Gasteiger partial charge on any atom is 0.391 e. The Balaban J connectivity index is 2.92. The summed E-state index contributed by atoms with van der Waals surface area (Å²) in [7, 11) is 0. The number of fused-ring (bicyclic) bond motifs is 1. The zero-order valence-corrected chi connectivity index (χ0v) is 9.02. The lowest BCUT2D eigenvalue weighted by atomic mass is 10.1. The molecule has 0 saturated heterocycles. The summed E-state index contributed by atoms with van der Waals surface area (Å²) >= 11 is 2.15. The average molecular weight is 325 g/mol. The van der Waals surface area contributed by atoms with Crippen molar-refractivity contribution in [3.05, 3.63) is 33.1 Å². The van der Waals surface area contributed by atoms with E-state index in [2.05, 4.69) is 20.7 Å². The SMILES string of the molecule is Fc1c(F)c2c(c(F)c1Br)C(F)(F)OC2(F)F. The van der Waals surface area contributed by atoms with Gasteiger partial charge in [0, 0.05) is 0 Å². The van der Waals surface area contributed by atoms with E-state index in [1.165, 1.54) is 0 Å². The van der Waals surface area contributed by atoms with E-state index in [4.69, 9.17) is 0 Å². The number of hydrogen-bond donors (Lipinski definition) is 0. The van der Waals surface area contributed by atoms with Gasteiger partial charge in [-0.05, 0) is 15.9 Å². The summed E-state index contributed by atoms with van der Waals surface area (Å²) < 4.78 is 92.6. The van der Waals surface area contributed by atoms with E-state index in [9.17, 15) is 30.7 Å². The highest BCUT2D eigenvalue weighted by molar-refractivity contribution is 9.10. The lowest BCUT2D eigenvalue weighted by Crippen LogP contribution is -2.18. The van der Waals surface area contributed by atoms with E-state index in [0.717, 1.165) is 0 Å². The molecule has 1 heterocycles. The van der Waals surface area contributed by atoms with E-state index < -0.39 is 45.3 Å². The summed E-state index contributed by atoms with van der Waals surface area (Å²) in [5.74, 6) is -6.33. The Morgan fingerprint density at radius 1 is 0.765 bits per heavy atom. The predicted molar refractivity (Wildman–Crippen MR) is 42.9 cm³/mol. The number of benzene rings is 1. The predicted octanol–water partition coefficient (Wildman–Crippen LogP) is 4.00. The molecule has 17 heavy (non-hydrogen) atoms. The number of halogens is 8. The molecule has 1 aliphatic heterocycles. The molecule has 9 heteroatoms. The van der Waals surface area contributed by atoms with Crippen molar-refractivity contribution in [2.45, 2.75) is 12.2 Å². The van der Waals surface area contributed by atoms with Crippen LogP contribution in [0.15, 0.2) is 4.47 Å². The van der Waals surface area contributed by atoms with Crippen LogP contribution >= 0.6 is 15.9 Å². The zero-order chi connectivity index (χ0) is 13.2. The van der Waals surface area contributed by atoms with Crippen LogP contribution in [-0.2, 0) is 17.0 Å². The molecule has 0 radical (unpaired) electrons. The highest BCUT2D eigenvalue weighted by Gasteiger charge is 2.61. The summed E-state index contributed by atoms with van der Waals surface area (Å²) in [6.45, 7) is 0. The van der Waals surface area contributed by atoms with Crippen molar-refractivity contribution in [3.63, 3.8) is 0 Å². The number of ether oxygens (including phenoxy) is 1.